The summed E-state index contributed by atoms with van der Waals surface area (Å²) in [5.41, 5.74) is 4.21. The number of carbonyl (C=O) groups is 1. The zero-order valence-electron chi connectivity index (χ0n) is 16.0. The van der Waals surface area contributed by atoms with Gasteiger partial charge in [-0.05, 0) is 74.2 Å². The van der Waals surface area contributed by atoms with E-state index in [0.29, 0.717) is 5.56 Å². The number of hydrogen-bond donors (Lipinski definition) is 2. The summed E-state index contributed by atoms with van der Waals surface area (Å²) in [6.45, 7) is 7.93. The fourth-order valence-corrected chi connectivity index (χ4v) is 3.21. The molecule has 0 saturated carbocycles. The van der Waals surface area contributed by atoms with Gasteiger partial charge in [-0.2, -0.15) is 0 Å². The second kappa shape index (κ2) is 8.08. The molecule has 2 N–H and O–H groups in total. The van der Waals surface area contributed by atoms with Gasteiger partial charge in [0.15, 0.2) is 0 Å². The van der Waals surface area contributed by atoms with E-state index >= 15 is 0 Å². The number of nitrogens with zero attached hydrogens (tertiary/aromatic N) is 1. The van der Waals surface area contributed by atoms with Gasteiger partial charge < -0.3 is 15.2 Å². The molecule has 0 aliphatic carbocycles. The molecule has 0 unspecified atom stereocenters. The third kappa shape index (κ3) is 4.37. The Morgan fingerprint density at radius 3 is 2.41 bits per heavy atom. The Morgan fingerprint density at radius 1 is 1.04 bits per heavy atom. The van der Waals surface area contributed by atoms with E-state index in [1.54, 1.807) is 6.92 Å². The Kier molecular flexibility index (Phi) is 5.60. The number of rotatable bonds is 6. The maximum atomic E-state index is 12.4. The highest BCUT2D eigenvalue weighted by atomic mass is 16.1. The maximum Gasteiger partial charge on any atom is 0.251 e. The summed E-state index contributed by atoms with van der Waals surface area (Å²) in [5, 5.41) is 3.88. The van der Waals surface area contributed by atoms with Crippen LogP contribution in [-0.2, 0) is 11.2 Å². The number of H-pyrrole nitrogens is 1. The number of nitrogens with one attached hydrogen (secondary N) is 2. The van der Waals surface area contributed by atoms with E-state index in [9.17, 15) is 9.59 Å². The van der Waals surface area contributed by atoms with Crippen LogP contribution in [0.2, 0.25) is 0 Å². The lowest BCUT2D eigenvalue weighted by Gasteiger charge is -2.21. The molecule has 5 nitrogen and oxygen atoms in total. The van der Waals surface area contributed by atoms with Crippen molar-refractivity contribution in [2.75, 3.05) is 23.3 Å². The molecule has 0 radical (unpaired) electrons. The molecule has 0 bridgehead atoms. The molecule has 2 aromatic carbocycles. The van der Waals surface area contributed by atoms with Crippen LogP contribution in [0.3, 0.4) is 0 Å². The highest BCUT2D eigenvalue weighted by Crippen LogP contribution is 2.18. The lowest BCUT2D eigenvalue weighted by molar-refractivity contribution is -0.115. The summed E-state index contributed by atoms with van der Waals surface area (Å²) in [6.07, 6.45) is 0.284. The number of anilines is 2. The largest absolute Gasteiger partial charge is 0.372 e. The molecule has 1 aromatic heterocycles. The van der Waals surface area contributed by atoms with Crippen LogP contribution >= 0.6 is 0 Å². The van der Waals surface area contributed by atoms with Crippen LogP contribution in [0, 0.1) is 6.92 Å². The van der Waals surface area contributed by atoms with Gasteiger partial charge in [0, 0.05) is 35.5 Å². The van der Waals surface area contributed by atoms with E-state index < -0.39 is 0 Å². The van der Waals surface area contributed by atoms with Crippen LogP contribution < -0.4 is 15.8 Å². The van der Waals surface area contributed by atoms with Crippen molar-refractivity contribution < 1.29 is 4.79 Å². The van der Waals surface area contributed by atoms with Gasteiger partial charge in [0.25, 0.3) is 5.56 Å². The Hall–Kier alpha value is -3.08. The standard InChI is InChI=1S/C22H25N3O2/c1-4-25(5-2)19-9-7-18(8-10-19)23-21(26)14-16-6-11-20-17(13-16)12-15(3)22(27)24-20/h6-13H,4-5,14H2,1-3H3,(H,23,26)(H,24,27). The summed E-state index contributed by atoms with van der Waals surface area (Å²) in [6, 6.07) is 15.4. The molecule has 0 spiro atoms. The quantitative estimate of drug-likeness (QED) is 0.699. The highest BCUT2D eigenvalue weighted by Gasteiger charge is 2.07. The average molecular weight is 363 g/mol. The number of fused-ring (bicyclic) bond motifs is 1. The Balaban J connectivity index is 1.69. The maximum absolute atomic E-state index is 12.4. The average Bonchev–Trinajstić information content (AvgIpc) is 2.65. The Bertz CT molecular complexity index is 1000. The second-order valence-corrected chi connectivity index (χ2v) is 6.65. The first-order chi connectivity index (χ1) is 13.0. The number of amides is 1. The van der Waals surface area contributed by atoms with Crippen molar-refractivity contribution in [3.63, 3.8) is 0 Å². The number of aryl methyl sites for hydroxylation is 1. The molecule has 0 atom stereocenters. The van der Waals surface area contributed by atoms with Crippen LogP contribution in [0.1, 0.15) is 25.0 Å². The van der Waals surface area contributed by atoms with Crippen LogP contribution in [0.15, 0.2) is 53.3 Å². The van der Waals surface area contributed by atoms with Crippen LogP contribution in [0.4, 0.5) is 11.4 Å². The van der Waals surface area contributed by atoms with Gasteiger partial charge in [-0.3, -0.25) is 9.59 Å². The SMILES string of the molecule is CCN(CC)c1ccc(NC(=O)Cc2ccc3[nH]c(=O)c(C)cc3c2)cc1. The lowest BCUT2D eigenvalue weighted by atomic mass is 10.1. The minimum Gasteiger partial charge on any atom is -0.372 e. The lowest BCUT2D eigenvalue weighted by Crippen LogP contribution is -2.21. The molecule has 0 saturated heterocycles. The van der Waals surface area contributed by atoms with Crippen molar-refractivity contribution in [3.05, 3.63) is 70.0 Å². The first-order valence-electron chi connectivity index (χ1n) is 9.27. The minimum absolute atomic E-state index is 0.0638. The summed E-state index contributed by atoms with van der Waals surface area (Å²) >= 11 is 0. The first-order valence-corrected chi connectivity index (χ1v) is 9.27. The van der Waals surface area contributed by atoms with Crippen molar-refractivity contribution in [1.29, 1.82) is 0 Å². The molecule has 27 heavy (non-hydrogen) atoms. The molecular weight excluding hydrogens is 338 g/mol. The predicted octanol–water partition coefficient (Wildman–Crippen LogP) is 3.86. The number of aromatic amines is 1. The van der Waals surface area contributed by atoms with Gasteiger partial charge in [-0.1, -0.05) is 6.07 Å². The van der Waals surface area contributed by atoms with E-state index in [0.717, 1.165) is 40.9 Å². The van der Waals surface area contributed by atoms with Gasteiger partial charge in [-0.15, -0.1) is 0 Å². The molecule has 0 aliphatic heterocycles. The number of carbonyl (C=O) groups excluding carboxylic acids is 1. The fraction of sp³-hybridized carbons (Fsp3) is 0.273. The predicted molar refractivity (Wildman–Crippen MR) is 112 cm³/mol. The third-order valence-electron chi connectivity index (χ3n) is 4.74. The van der Waals surface area contributed by atoms with Crippen molar-refractivity contribution in [2.24, 2.45) is 0 Å². The van der Waals surface area contributed by atoms with Crippen LogP contribution in [0.25, 0.3) is 10.9 Å². The molecule has 3 aromatic rings. The number of benzene rings is 2. The molecule has 140 valence electrons. The van der Waals surface area contributed by atoms with Gasteiger partial charge in [0.1, 0.15) is 0 Å². The zero-order chi connectivity index (χ0) is 19.4. The van der Waals surface area contributed by atoms with Crippen LogP contribution in [-0.4, -0.2) is 24.0 Å². The van der Waals surface area contributed by atoms with E-state index in [2.05, 4.69) is 29.0 Å². The molecule has 0 aliphatic rings. The number of aromatic nitrogens is 1. The normalized spacial score (nSPS) is 10.8. The highest BCUT2D eigenvalue weighted by molar-refractivity contribution is 5.93. The Morgan fingerprint density at radius 2 is 1.74 bits per heavy atom. The van der Waals surface area contributed by atoms with E-state index in [4.69, 9.17) is 0 Å². The third-order valence-corrected chi connectivity index (χ3v) is 4.74. The van der Waals surface area contributed by atoms with Crippen molar-refractivity contribution in [2.45, 2.75) is 27.2 Å². The van der Waals surface area contributed by atoms with Crippen LogP contribution in [0.5, 0.6) is 0 Å². The van der Waals surface area contributed by atoms with E-state index in [-0.39, 0.29) is 17.9 Å². The van der Waals surface area contributed by atoms with E-state index in [1.807, 2.05) is 48.5 Å². The van der Waals surface area contributed by atoms with Crippen molar-refractivity contribution in [3.8, 4) is 0 Å². The summed E-state index contributed by atoms with van der Waals surface area (Å²) < 4.78 is 0. The Labute approximate surface area is 159 Å². The van der Waals surface area contributed by atoms with Gasteiger partial charge >= 0.3 is 0 Å². The minimum atomic E-state index is -0.0823. The summed E-state index contributed by atoms with van der Waals surface area (Å²) in [7, 11) is 0. The van der Waals surface area contributed by atoms with Gasteiger partial charge in [-0.25, -0.2) is 0 Å². The van der Waals surface area contributed by atoms with Gasteiger partial charge in [0.2, 0.25) is 5.91 Å². The molecular formula is C22H25N3O2. The summed E-state index contributed by atoms with van der Waals surface area (Å²) in [4.78, 5) is 29.2. The molecule has 0 fully saturated rings. The fourth-order valence-electron chi connectivity index (χ4n) is 3.21. The molecule has 1 amide bonds. The smallest absolute Gasteiger partial charge is 0.251 e. The van der Waals surface area contributed by atoms with E-state index in [1.165, 1.54) is 0 Å². The summed E-state index contributed by atoms with van der Waals surface area (Å²) in [5.74, 6) is -0.0638. The zero-order valence-corrected chi connectivity index (χ0v) is 16.0. The second-order valence-electron chi connectivity index (χ2n) is 6.65. The molecule has 3 rings (SSSR count). The monoisotopic (exact) mass is 363 g/mol. The topological polar surface area (TPSA) is 65.2 Å². The molecule has 1 heterocycles. The van der Waals surface area contributed by atoms with Crippen molar-refractivity contribution >= 4 is 28.2 Å². The number of pyridine rings is 1. The van der Waals surface area contributed by atoms with Gasteiger partial charge in [0.05, 0.1) is 6.42 Å². The number of hydrogen-bond acceptors (Lipinski definition) is 3. The first kappa shape index (κ1) is 18.7. The van der Waals surface area contributed by atoms with Crippen molar-refractivity contribution in [1.82, 2.24) is 4.98 Å². The molecule has 5 heteroatoms.